The maximum absolute atomic E-state index is 12.9. The normalized spacial score (nSPS) is 23.5. The minimum Gasteiger partial charge on any atom is -0.398 e. The Morgan fingerprint density at radius 3 is 2.62 bits per heavy atom. The molecule has 0 aromatic heterocycles. The average molecular weight is 307 g/mol. The monoisotopic (exact) mass is 306 g/mol. The van der Waals surface area contributed by atoms with Gasteiger partial charge in [0.1, 0.15) is 0 Å². The Hall–Kier alpha value is -1.22. The van der Waals surface area contributed by atoms with Crippen molar-refractivity contribution in [1.82, 2.24) is 4.90 Å². The van der Waals surface area contributed by atoms with Gasteiger partial charge >= 0.3 is 0 Å². The van der Waals surface area contributed by atoms with Crippen molar-refractivity contribution in [3.05, 3.63) is 28.8 Å². The number of amides is 1. The first kappa shape index (κ1) is 14.7. The van der Waals surface area contributed by atoms with Gasteiger partial charge in [-0.15, -0.1) is 0 Å². The standard InChI is InChI=1S/C17H23ClN2O/c18-13-8-4-9-14(19)16(13)17(21)20-11-5-10-15(20)12-6-2-1-3-7-12/h4,8-9,12,15H,1-3,5-7,10-11,19H2. The molecular weight excluding hydrogens is 284 g/mol. The summed E-state index contributed by atoms with van der Waals surface area (Å²) in [5.74, 6) is 0.681. The summed E-state index contributed by atoms with van der Waals surface area (Å²) in [6, 6.07) is 5.67. The van der Waals surface area contributed by atoms with Gasteiger partial charge < -0.3 is 10.6 Å². The van der Waals surface area contributed by atoms with Crippen molar-refractivity contribution >= 4 is 23.2 Å². The van der Waals surface area contributed by atoms with Crippen LogP contribution in [0, 0.1) is 5.92 Å². The lowest BCUT2D eigenvalue weighted by Crippen LogP contribution is -2.41. The first-order chi connectivity index (χ1) is 10.2. The van der Waals surface area contributed by atoms with Crippen molar-refractivity contribution < 1.29 is 4.79 Å². The number of carbonyl (C=O) groups is 1. The van der Waals surface area contributed by atoms with Crippen molar-refractivity contribution in [2.75, 3.05) is 12.3 Å². The second-order valence-corrected chi connectivity index (χ2v) is 6.72. The van der Waals surface area contributed by atoms with Crippen LogP contribution in [-0.2, 0) is 0 Å². The number of anilines is 1. The second-order valence-electron chi connectivity index (χ2n) is 6.31. The molecule has 1 unspecified atom stereocenters. The fraction of sp³-hybridized carbons (Fsp3) is 0.588. The predicted octanol–water partition coefficient (Wildman–Crippen LogP) is 4.11. The third kappa shape index (κ3) is 2.89. The molecule has 21 heavy (non-hydrogen) atoms. The molecule has 2 aliphatic rings. The van der Waals surface area contributed by atoms with Crippen molar-refractivity contribution in [3.8, 4) is 0 Å². The van der Waals surface area contributed by atoms with Gasteiger partial charge in [-0.25, -0.2) is 0 Å². The molecule has 1 atom stereocenters. The fourth-order valence-electron chi connectivity index (χ4n) is 3.96. The molecule has 4 heteroatoms. The van der Waals surface area contributed by atoms with E-state index >= 15 is 0 Å². The van der Waals surface area contributed by atoms with E-state index in [-0.39, 0.29) is 5.91 Å². The Balaban J connectivity index is 1.83. The van der Waals surface area contributed by atoms with Crippen LogP contribution < -0.4 is 5.73 Å². The average Bonchev–Trinajstić information content (AvgIpc) is 2.97. The highest BCUT2D eigenvalue weighted by atomic mass is 35.5. The number of rotatable bonds is 2. The van der Waals surface area contributed by atoms with Crippen LogP contribution in [0.3, 0.4) is 0 Å². The molecule has 114 valence electrons. The van der Waals surface area contributed by atoms with Crippen molar-refractivity contribution in [2.45, 2.75) is 51.0 Å². The fourth-order valence-corrected chi connectivity index (χ4v) is 4.23. The third-order valence-electron chi connectivity index (χ3n) is 5.01. The Bertz CT molecular complexity index is 505. The van der Waals surface area contributed by atoms with Gasteiger partial charge in [-0.1, -0.05) is 36.9 Å². The van der Waals surface area contributed by atoms with E-state index in [0.717, 1.165) is 19.4 Å². The van der Waals surface area contributed by atoms with Crippen LogP contribution in [0.2, 0.25) is 5.02 Å². The molecule has 1 saturated heterocycles. The molecule has 1 saturated carbocycles. The molecule has 2 fully saturated rings. The van der Waals surface area contributed by atoms with Gasteiger partial charge in [-0.2, -0.15) is 0 Å². The molecule has 0 bridgehead atoms. The smallest absolute Gasteiger partial charge is 0.257 e. The molecule has 3 rings (SSSR count). The number of hydrogen-bond acceptors (Lipinski definition) is 2. The molecule has 1 aromatic carbocycles. The number of carbonyl (C=O) groups excluding carboxylic acids is 1. The zero-order chi connectivity index (χ0) is 14.8. The maximum atomic E-state index is 12.9. The first-order valence-corrected chi connectivity index (χ1v) is 8.41. The van der Waals surface area contributed by atoms with Gasteiger partial charge in [0.2, 0.25) is 0 Å². The zero-order valence-corrected chi connectivity index (χ0v) is 13.1. The topological polar surface area (TPSA) is 46.3 Å². The summed E-state index contributed by atoms with van der Waals surface area (Å²) in [6.07, 6.45) is 8.68. The number of benzene rings is 1. The number of halogens is 1. The van der Waals surface area contributed by atoms with Gasteiger partial charge in [-0.05, 0) is 43.7 Å². The minimum absolute atomic E-state index is 0.0196. The van der Waals surface area contributed by atoms with Gasteiger partial charge in [0.15, 0.2) is 0 Å². The minimum atomic E-state index is 0.0196. The summed E-state index contributed by atoms with van der Waals surface area (Å²) in [5.41, 5.74) is 6.96. The number of nitrogens with zero attached hydrogens (tertiary/aromatic N) is 1. The van der Waals surface area contributed by atoms with E-state index in [1.54, 1.807) is 18.2 Å². The van der Waals surface area contributed by atoms with Crippen LogP contribution in [0.4, 0.5) is 5.69 Å². The Morgan fingerprint density at radius 2 is 1.90 bits per heavy atom. The third-order valence-corrected chi connectivity index (χ3v) is 5.33. The zero-order valence-electron chi connectivity index (χ0n) is 12.4. The highest BCUT2D eigenvalue weighted by Gasteiger charge is 2.36. The lowest BCUT2D eigenvalue weighted by Gasteiger charge is -2.34. The number of nitrogens with two attached hydrogens (primary N) is 1. The molecule has 0 spiro atoms. The molecule has 1 amide bonds. The van der Waals surface area contributed by atoms with E-state index in [1.807, 2.05) is 4.90 Å². The van der Waals surface area contributed by atoms with Crippen LogP contribution in [-0.4, -0.2) is 23.4 Å². The van der Waals surface area contributed by atoms with Gasteiger partial charge in [0, 0.05) is 18.3 Å². The van der Waals surface area contributed by atoms with E-state index in [4.69, 9.17) is 17.3 Å². The van der Waals surface area contributed by atoms with E-state index in [9.17, 15) is 4.79 Å². The largest absolute Gasteiger partial charge is 0.398 e. The van der Waals surface area contributed by atoms with Gasteiger partial charge in [0.25, 0.3) is 5.91 Å². The number of likely N-dealkylation sites (tertiary alicyclic amines) is 1. The molecule has 1 aliphatic carbocycles. The summed E-state index contributed by atoms with van der Waals surface area (Å²) in [6.45, 7) is 0.838. The summed E-state index contributed by atoms with van der Waals surface area (Å²) in [7, 11) is 0. The molecule has 1 aliphatic heterocycles. The number of hydrogen-bond donors (Lipinski definition) is 1. The lowest BCUT2D eigenvalue weighted by molar-refractivity contribution is 0.0663. The van der Waals surface area contributed by atoms with Crippen LogP contribution >= 0.6 is 11.6 Å². The quantitative estimate of drug-likeness (QED) is 0.836. The SMILES string of the molecule is Nc1cccc(Cl)c1C(=O)N1CCCC1C1CCCCC1. The summed E-state index contributed by atoms with van der Waals surface area (Å²) >= 11 is 6.21. The summed E-state index contributed by atoms with van der Waals surface area (Å²) < 4.78 is 0. The Morgan fingerprint density at radius 1 is 1.14 bits per heavy atom. The van der Waals surface area contributed by atoms with Crippen molar-refractivity contribution in [2.24, 2.45) is 5.92 Å². The van der Waals surface area contributed by atoms with Crippen LogP contribution in [0.15, 0.2) is 18.2 Å². The van der Waals surface area contributed by atoms with E-state index in [2.05, 4.69) is 0 Å². The first-order valence-electron chi connectivity index (χ1n) is 8.03. The van der Waals surface area contributed by atoms with Crippen molar-refractivity contribution in [1.29, 1.82) is 0 Å². The predicted molar refractivity (Wildman–Crippen MR) is 86.5 cm³/mol. The molecule has 2 N–H and O–H groups in total. The van der Waals surface area contributed by atoms with Crippen LogP contribution in [0.1, 0.15) is 55.3 Å². The molecule has 3 nitrogen and oxygen atoms in total. The highest BCUT2D eigenvalue weighted by Crippen LogP contribution is 2.36. The molecule has 0 radical (unpaired) electrons. The lowest BCUT2D eigenvalue weighted by atomic mass is 9.83. The van der Waals surface area contributed by atoms with Crippen LogP contribution in [0.25, 0.3) is 0 Å². The van der Waals surface area contributed by atoms with E-state index in [1.165, 1.54) is 32.1 Å². The Kier molecular flexibility index (Phi) is 4.39. The van der Waals surface area contributed by atoms with E-state index in [0.29, 0.717) is 28.2 Å². The Labute approximate surface area is 131 Å². The number of nitrogen functional groups attached to an aromatic ring is 1. The van der Waals surface area contributed by atoms with Gasteiger partial charge in [0.05, 0.1) is 10.6 Å². The van der Waals surface area contributed by atoms with Gasteiger partial charge in [-0.3, -0.25) is 4.79 Å². The summed E-state index contributed by atoms with van der Waals surface area (Å²) in [5, 5.41) is 0.467. The summed E-state index contributed by atoms with van der Waals surface area (Å²) in [4.78, 5) is 14.9. The molecular formula is C17H23ClN2O. The van der Waals surface area contributed by atoms with Crippen LogP contribution in [0.5, 0.6) is 0 Å². The van der Waals surface area contributed by atoms with Crippen molar-refractivity contribution in [3.63, 3.8) is 0 Å². The highest BCUT2D eigenvalue weighted by molar-refractivity contribution is 6.34. The molecule has 1 aromatic rings. The maximum Gasteiger partial charge on any atom is 0.257 e. The molecule has 1 heterocycles. The second kappa shape index (κ2) is 6.27. The van der Waals surface area contributed by atoms with E-state index < -0.39 is 0 Å².